The van der Waals surface area contributed by atoms with Crippen LogP contribution in [0.4, 0.5) is 0 Å². The number of thiocarbonyl (C=S) groups is 1. The summed E-state index contributed by atoms with van der Waals surface area (Å²) in [5.41, 5.74) is -0.313. The molecule has 1 aliphatic rings. The number of thioether (sulfide) groups is 1. The molecule has 1 aliphatic heterocycles. The SMILES string of the molecule is COc1ccc(CN2C(=S)SC(C)C2(O)COC(C)=O)cc1. The molecule has 1 N–H and O–H groups in total. The van der Waals surface area contributed by atoms with Crippen molar-refractivity contribution in [2.24, 2.45) is 0 Å². The van der Waals surface area contributed by atoms with E-state index in [0.717, 1.165) is 11.3 Å². The van der Waals surface area contributed by atoms with Gasteiger partial charge in [0.2, 0.25) is 0 Å². The highest BCUT2D eigenvalue weighted by Crippen LogP contribution is 2.39. The first-order chi connectivity index (χ1) is 10.4. The molecule has 22 heavy (non-hydrogen) atoms. The molecule has 2 rings (SSSR count). The zero-order valence-electron chi connectivity index (χ0n) is 12.7. The summed E-state index contributed by atoms with van der Waals surface area (Å²) in [4.78, 5) is 12.8. The minimum Gasteiger partial charge on any atom is -0.497 e. The normalized spacial score (nSPS) is 24.5. The molecule has 0 saturated carbocycles. The van der Waals surface area contributed by atoms with Gasteiger partial charge in [0.25, 0.3) is 0 Å². The van der Waals surface area contributed by atoms with Crippen molar-refractivity contribution in [3.63, 3.8) is 0 Å². The van der Waals surface area contributed by atoms with Crippen LogP contribution in [0.1, 0.15) is 19.4 Å². The first-order valence-corrected chi connectivity index (χ1v) is 8.12. The molecule has 1 aromatic carbocycles. The fourth-order valence-corrected chi connectivity index (χ4v) is 3.90. The Morgan fingerprint density at radius 1 is 1.45 bits per heavy atom. The van der Waals surface area contributed by atoms with Crippen molar-refractivity contribution in [2.45, 2.75) is 31.4 Å². The van der Waals surface area contributed by atoms with Crippen molar-refractivity contribution in [1.29, 1.82) is 0 Å². The van der Waals surface area contributed by atoms with Crippen LogP contribution in [0.25, 0.3) is 0 Å². The summed E-state index contributed by atoms with van der Waals surface area (Å²) in [6.45, 7) is 3.53. The third-order valence-corrected chi connectivity index (χ3v) is 5.27. The average molecular weight is 341 g/mol. The van der Waals surface area contributed by atoms with E-state index in [-0.39, 0.29) is 11.9 Å². The standard InChI is InChI=1S/C15H19NO4S2/c1-10-15(18,9-20-11(2)17)16(14(21)22-10)8-12-4-6-13(19-3)7-5-12/h4-7,10,18H,8-9H2,1-3H3. The molecule has 0 amide bonds. The lowest BCUT2D eigenvalue weighted by atomic mass is 10.1. The van der Waals surface area contributed by atoms with Gasteiger partial charge in [0.1, 0.15) is 16.7 Å². The quantitative estimate of drug-likeness (QED) is 0.650. The number of rotatable bonds is 5. The minimum atomic E-state index is -1.30. The summed E-state index contributed by atoms with van der Waals surface area (Å²) < 4.78 is 10.8. The number of methoxy groups -OCH3 is 1. The van der Waals surface area contributed by atoms with Crippen molar-refractivity contribution in [3.8, 4) is 5.75 Å². The Balaban J connectivity index is 2.17. The maximum absolute atomic E-state index is 11.1. The van der Waals surface area contributed by atoms with Crippen LogP contribution in [-0.2, 0) is 16.1 Å². The van der Waals surface area contributed by atoms with Gasteiger partial charge in [0.05, 0.1) is 12.4 Å². The van der Waals surface area contributed by atoms with E-state index in [2.05, 4.69) is 0 Å². The number of carbonyl (C=O) groups is 1. The zero-order chi connectivity index (χ0) is 16.3. The lowest BCUT2D eigenvalue weighted by Crippen LogP contribution is -2.53. The van der Waals surface area contributed by atoms with E-state index >= 15 is 0 Å². The number of esters is 1. The van der Waals surface area contributed by atoms with Crippen molar-refractivity contribution < 1.29 is 19.4 Å². The van der Waals surface area contributed by atoms with Crippen molar-refractivity contribution in [1.82, 2.24) is 4.90 Å². The van der Waals surface area contributed by atoms with Crippen molar-refractivity contribution in [3.05, 3.63) is 29.8 Å². The summed E-state index contributed by atoms with van der Waals surface area (Å²) in [6.07, 6.45) is 0. The van der Waals surface area contributed by atoms with Crippen LogP contribution in [0.2, 0.25) is 0 Å². The van der Waals surface area contributed by atoms with E-state index in [9.17, 15) is 9.90 Å². The first kappa shape index (κ1) is 17.1. The van der Waals surface area contributed by atoms with Gasteiger partial charge in [0.15, 0.2) is 5.72 Å². The molecule has 0 aromatic heterocycles. The number of carbonyl (C=O) groups excluding carboxylic acids is 1. The summed E-state index contributed by atoms with van der Waals surface area (Å²) in [7, 11) is 1.61. The molecule has 120 valence electrons. The third-order valence-electron chi connectivity index (χ3n) is 3.60. The molecular weight excluding hydrogens is 322 g/mol. The second-order valence-corrected chi connectivity index (χ2v) is 7.09. The highest BCUT2D eigenvalue weighted by Gasteiger charge is 2.49. The molecule has 0 aliphatic carbocycles. The lowest BCUT2D eigenvalue weighted by molar-refractivity contribution is -0.159. The van der Waals surface area contributed by atoms with Crippen molar-refractivity contribution >= 4 is 34.3 Å². The molecule has 2 unspecified atom stereocenters. The Morgan fingerprint density at radius 2 is 2.09 bits per heavy atom. The smallest absolute Gasteiger partial charge is 0.302 e. The van der Waals surface area contributed by atoms with Crippen LogP contribution < -0.4 is 4.74 Å². The number of benzene rings is 1. The Labute approximate surface area is 139 Å². The maximum Gasteiger partial charge on any atom is 0.302 e. The van der Waals surface area contributed by atoms with E-state index in [4.69, 9.17) is 21.7 Å². The number of aliphatic hydroxyl groups is 1. The topological polar surface area (TPSA) is 59.0 Å². The van der Waals surface area contributed by atoms with Gasteiger partial charge in [-0.1, -0.05) is 36.1 Å². The second kappa shape index (κ2) is 6.85. The van der Waals surface area contributed by atoms with Gasteiger partial charge in [-0.2, -0.15) is 0 Å². The first-order valence-electron chi connectivity index (χ1n) is 6.83. The van der Waals surface area contributed by atoms with Crippen LogP contribution in [0, 0.1) is 0 Å². The maximum atomic E-state index is 11.1. The predicted octanol–water partition coefficient (Wildman–Crippen LogP) is 2.17. The van der Waals surface area contributed by atoms with Crippen LogP contribution in [-0.4, -0.2) is 45.0 Å². The molecule has 0 radical (unpaired) electrons. The largest absolute Gasteiger partial charge is 0.497 e. The van der Waals surface area contributed by atoms with Crippen LogP contribution in [0.5, 0.6) is 5.75 Å². The number of nitrogens with zero attached hydrogens (tertiary/aromatic N) is 1. The minimum absolute atomic E-state index is 0.104. The van der Waals surface area contributed by atoms with E-state index in [1.165, 1.54) is 18.7 Å². The van der Waals surface area contributed by atoms with E-state index in [1.807, 2.05) is 31.2 Å². The Kier molecular flexibility index (Phi) is 5.31. The van der Waals surface area contributed by atoms with Gasteiger partial charge in [-0.05, 0) is 24.6 Å². The second-order valence-electron chi connectivity index (χ2n) is 5.12. The highest BCUT2D eigenvalue weighted by atomic mass is 32.2. The molecule has 5 nitrogen and oxygen atoms in total. The van der Waals surface area contributed by atoms with E-state index < -0.39 is 11.7 Å². The molecule has 1 fully saturated rings. The summed E-state index contributed by atoms with van der Waals surface area (Å²) in [6, 6.07) is 7.55. The Hall–Kier alpha value is -1.31. The highest BCUT2D eigenvalue weighted by molar-refractivity contribution is 8.23. The van der Waals surface area contributed by atoms with Gasteiger partial charge < -0.3 is 19.5 Å². The summed E-state index contributed by atoms with van der Waals surface area (Å²) in [5.74, 6) is 0.346. The third kappa shape index (κ3) is 3.53. The fourth-order valence-electron chi connectivity index (χ4n) is 2.20. The molecule has 7 heteroatoms. The predicted molar refractivity (Wildman–Crippen MR) is 89.8 cm³/mol. The molecular formula is C15H19NO4S2. The Bertz CT molecular complexity index is 563. The van der Waals surface area contributed by atoms with Crippen LogP contribution in [0.15, 0.2) is 24.3 Å². The zero-order valence-corrected chi connectivity index (χ0v) is 14.4. The summed E-state index contributed by atoms with van der Waals surface area (Å²) in [5, 5.41) is 10.7. The number of hydrogen-bond donors (Lipinski definition) is 1. The summed E-state index contributed by atoms with van der Waals surface area (Å²) >= 11 is 6.76. The Morgan fingerprint density at radius 3 is 2.64 bits per heavy atom. The van der Waals surface area contributed by atoms with Crippen molar-refractivity contribution in [2.75, 3.05) is 13.7 Å². The molecule has 1 aromatic rings. The van der Waals surface area contributed by atoms with Crippen LogP contribution >= 0.6 is 24.0 Å². The number of hydrogen-bond acceptors (Lipinski definition) is 6. The van der Waals surface area contributed by atoms with Gasteiger partial charge in [-0.3, -0.25) is 4.79 Å². The number of ether oxygens (including phenoxy) is 2. The average Bonchev–Trinajstić information content (AvgIpc) is 2.70. The molecule has 1 heterocycles. The molecule has 0 bridgehead atoms. The van der Waals surface area contributed by atoms with E-state index in [1.54, 1.807) is 12.0 Å². The fraction of sp³-hybridized carbons (Fsp3) is 0.467. The van der Waals surface area contributed by atoms with Gasteiger partial charge in [0, 0.05) is 13.5 Å². The van der Waals surface area contributed by atoms with Gasteiger partial charge >= 0.3 is 5.97 Å². The molecule has 0 spiro atoms. The van der Waals surface area contributed by atoms with Gasteiger partial charge in [-0.25, -0.2) is 0 Å². The molecule has 1 saturated heterocycles. The van der Waals surface area contributed by atoms with Gasteiger partial charge in [-0.15, -0.1) is 0 Å². The molecule has 2 atom stereocenters. The monoisotopic (exact) mass is 341 g/mol. The van der Waals surface area contributed by atoms with Crippen LogP contribution in [0.3, 0.4) is 0 Å². The van der Waals surface area contributed by atoms with E-state index in [0.29, 0.717) is 10.9 Å². The lowest BCUT2D eigenvalue weighted by Gasteiger charge is -2.35.